The first-order valence-corrected chi connectivity index (χ1v) is 3.67. The van der Waals surface area contributed by atoms with Crippen LogP contribution < -0.4 is 5.73 Å². The molecule has 0 bridgehead atoms. The summed E-state index contributed by atoms with van der Waals surface area (Å²) in [5, 5.41) is 9.19. The van der Waals surface area contributed by atoms with Gasteiger partial charge in [0.1, 0.15) is 0 Å². The van der Waals surface area contributed by atoms with Crippen LogP contribution >= 0.6 is 0 Å². The fraction of sp³-hybridized carbons (Fsp3) is 1.00. The average Bonchev–Trinajstić information content (AvgIpc) is 1.78. The lowest BCUT2D eigenvalue weighted by molar-refractivity contribution is -0.138. The first kappa shape index (κ1) is 11.7. The van der Waals surface area contributed by atoms with E-state index in [1.807, 2.05) is 0 Å². The van der Waals surface area contributed by atoms with Gasteiger partial charge in [-0.2, -0.15) is 13.2 Å². The average molecular weight is 185 g/mol. The topological polar surface area (TPSA) is 46.2 Å². The van der Waals surface area contributed by atoms with E-state index in [0.29, 0.717) is 0 Å². The van der Waals surface area contributed by atoms with Gasteiger partial charge in [-0.25, -0.2) is 0 Å². The third-order valence-corrected chi connectivity index (χ3v) is 1.65. The van der Waals surface area contributed by atoms with E-state index in [0.717, 1.165) is 0 Å². The van der Waals surface area contributed by atoms with E-state index < -0.39 is 24.2 Å². The van der Waals surface area contributed by atoms with Gasteiger partial charge in [0, 0.05) is 12.5 Å². The molecule has 1 atom stereocenters. The maximum absolute atomic E-state index is 11.7. The van der Waals surface area contributed by atoms with E-state index in [9.17, 15) is 18.3 Å². The molecule has 2 nitrogen and oxygen atoms in total. The Labute approximate surface area is 69.6 Å². The molecule has 0 saturated heterocycles. The molecule has 3 N–H and O–H groups in total. The Balaban J connectivity index is 3.80. The van der Waals surface area contributed by atoms with Crippen LogP contribution in [0.2, 0.25) is 0 Å². The summed E-state index contributed by atoms with van der Waals surface area (Å²) in [5.74, 6) is 0. The molecular formula is C7H14F3NO. The Kier molecular flexibility index (Phi) is 3.53. The standard InChI is InChI=1S/C7H14F3NO/c1-6(2,12)5(11)3-4-7(8,9)10/h5,12H,3-4,11H2,1-2H3. The lowest BCUT2D eigenvalue weighted by Gasteiger charge is -2.25. The van der Waals surface area contributed by atoms with Crippen molar-refractivity contribution in [2.75, 3.05) is 0 Å². The predicted octanol–water partition coefficient (Wildman–Crippen LogP) is 1.43. The van der Waals surface area contributed by atoms with Crippen LogP contribution in [0, 0.1) is 0 Å². The third kappa shape index (κ3) is 5.37. The zero-order valence-electron chi connectivity index (χ0n) is 7.15. The van der Waals surface area contributed by atoms with Gasteiger partial charge in [-0.1, -0.05) is 0 Å². The third-order valence-electron chi connectivity index (χ3n) is 1.65. The maximum Gasteiger partial charge on any atom is 0.389 e. The van der Waals surface area contributed by atoms with Gasteiger partial charge in [0.15, 0.2) is 0 Å². The fourth-order valence-corrected chi connectivity index (χ4v) is 0.672. The Morgan fingerprint density at radius 1 is 1.33 bits per heavy atom. The summed E-state index contributed by atoms with van der Waals surface area (Å²) in [6, 6.07) is -0.834. The van der Waals surface area contributed by atoms with Gasteiger partial charge >= 0.3 is 6.18 Å². The van der Waals surface area contributed by atoms with Gasteiger partial charge in [-0.15, -0.1) is 0 Å². The second-order valence-electron chi connectivity index (χ2n) is 3.41. The molecule has 0 aliphatic carbocycles. The van der Waals surface area contributed by atoms with Crippen molar-refractivity contribution in [2.45, 2.75) is 44.5 Å². The molecule has 1 unspecified atom stereocenters. The van der Waals surface area contributed by atoms with Gasteiger partial charge in [0.25, 0.3) is 0 Å². The van der Waals surface area contributed by atoms with Gasteiger partial charge in [0.2, 0.25) is 0 Å². The number of alkyl halides is 3. The molecule has 5 heteroatoms. The molecule has 0 rings (SSSR count). The van der Waals surface area contributed by atoms with Crippen molar-refractivity contribution in [2.24, 2.45) is 5.73 Å². The van der Waals surface area contributed by atoms with Crippen molar-refractivity contribution in [3.63, 3.8) is 0 Å². The first-order chi connectivity index (χ1) is 5.13. The quantitative estimate of drug-likeness (QED) is 0.698. The number of hydrogen-bond acceptors (Lipinski definition) is 2. The Hall–Kier alpha value is -0.290. The number of nitrogens with two attached hydrogens (primary N) is 1. The van der Waals surface area contributed by atoms with Crippen LogP contribution in [0.25, 0.3) is 0 Å². The van der Waals surface area contributed by atoms with Gasteiger partial charge in [0.05, 0.1) is 5.60 Å². The van der Waals surface area contributed by atoms with Crippen LogP contribution in [-0.2, 0) is 0 Å². The van der Waals surface area contributed by atoms with E-state index in [1.165, 1.54) is 13.8 Å². The number of halogens is 3. The van der Waals surface area contributed by atoms with Crippen LogP contribution in [0.4, 0.5) is 13.2 Å². The number of hydrogen-bond donors (Lipinski definition) is 2. The molecule has 0 aromatic rings. The second-order valence-corrected chi connectivity index (χ2v) is 3.41. The minimum atomic E-state index is -4.19. The van der Waals surface area contributed by atoms with Crippen molar-refractivity contribution in [1.82, 2.24) is 0 Å². The molecule has 0 amide bonds. The minimum Gasteiger partial charge on any atom is -0.389 e. The zero-order valence-corrected chi connectivity index (χ0v) is 7.15. The molecule has 0 radical (unpaired) electrons. The van der Waals surface area contributed by atoms with Crippen molar-refractivity contribution in [3.8, 4) is 0 Å². The maximum atomic E-state index is 11.7. The van der Waals surface area contributed by atoms with E-state index in [-0.39, 0.29) is 6.42 Å². The summed E-state index contributed by atoms with van der Waals surface area (Å²) >= 11 is 0. The largest absolute Gasteiger partial charge is 0.389 e. The molecule has 0 spiro atoms. The van der Waals surface area contributed by atoms with Gasteiger partial charge in [-0.3, -0.25) is 0 Å². The summed E-state index contributed by atoms with van der Waals surface area (Å²) in [6.45, 7) is 2.79. The summed E-state index contributed by atoms with van der Waals surface area (Å²) in [6.07, 6.45) is -5.38. The monoisotopic (exact) mass is 185 g/mol. The highest BCUT2D eigenvalue weighted by molar-refractivity contribution is 4.80. The van der Waals surface area contributed by atoms with Crippen molar-refractivity contribution < 1.29 is 18.3 Å². The highest BCUT2D eigenvalue weighted by atomic mass is 19.4. The molecule has 0 saturated carbocycles. The van der Waals surface area contributed by atoms with E-state index in [1.54, 1.807) is 0 Å². The second kappa shape index (κ2) is 3.62. The van der Waals surface area contributed by atoms with E-state index >= 15 is 0 Å². The first-order valence-electron chi connectivity index (χ1n) is 3.67. The molecule has 0 aromatic carbocycles. The Bertz CT molecular complexity index is 139. The zero-order chi connectivity index (χ0) is 9.99. The van der Waals surface area contributed by atoms with Gasteiger partial charge < -0.3 is 10.8 Å². The lowest BCUT2D eigenvalue weighted by Crippen LogP contribution is -2.43. The molecule has 74 valence electrons. The summed E-state index contributed by atoms with van der Waals surface area (Å²) in [7, 11) is 0. The van der Waals surface area contributed by atoms with Crippen LogP contribution in [0.3, 0.4) is 0 Å². The normalized spacial score (nSPS) is 16.2. The Morgan fingerprint density at radius 2 is 1.75 bits per heavy atom. The molecular weight excluding hydrogens is 171 g/mol. The SMILES string of the molecule is CC(C)(O)C(N)CCC(F)(F)F. The highest BCUT2D eigenvalue weighted by Crippen LogP contribution is 2.24. The van der Waals surface area contributed by atoms with Crippen LogP contribution in [-0.4, -0.2) is 22.9 Å². The van der Waals surface area contributed by atoms with Gasteiger partial charge in [-0.05, 0) is 20.3 Å². The summed E-state index contributed by atoms with van der Waals surface area (Å²) in [5.41, 5.74) is 4.06. The molecule has 0 fully saturated rings. The van der Waals surface area contributed by atoms with Crippen LogP contribution in [0.15, 0.2) is 0 Å². The predicted molar refractivity (Wildman–Crippen MR) is 39.6 cm³/mol. The van der Waals surface area contributed by atoms with E-state index in [4.69, 9.17) is 5.73 Å². The molecule has 0 aliphatic rings. The van der Waals surface area contributed by atoms with Crippen molar-refractivity contribution in [1.29, 1.82) is 0 Å². The molecule has 0 heterocycles. The van der Waals surface area contributed by atoms with Crippen molar-refractivity contribution in [3.05, 3.63) is 0 Å². The van der Waals surface area contributed by atoms with Crippen molar-refractivity contribution >= 4 is 0 Å². The lowest BCUT2D eigenvalue weighted by atomic mass is 9.95. The molecule has 12 heavy (non-hydrogen) atoms. The molecule has 0 aliphatic heterocycles. The number of rotatable bonds is 3. The fourth-order valence-electron chi connectivity index (χ4n) is 0.672. The molecule has 0 aromatic heterocycles. The van der Waals surface area contributed by atoms with E-state index in [2.05, 4.69) is 0 Å². The van der Waals surface area contributed by atoms with Crippen LogP contribution in [0.1, 0.15) is 26.7 Å². The van der Waals surface area contributed by atoms with Crippen LogP contribution in [0.5, 0.6) is 0 Å². The Morgan fingerprint density at radius 3 is 2.00 bits per heavy atom. The summed E-state index contributed by atoms with van der Waals surface area (Å²) in [4.78, 5) is 0. The minimum absolute atomic E-state index is 0.243. The smallest absolute Gasteiger partial charge is 0.389 e. The summed E-state index contributed by atoms with van der Waals surface area (Å²) < 4.78 is 35.0. The number of aliphatic hydroxyl groups is 1. The highest BCUT2D eigenvalue weighted by Gasteiger charge is 2.31.